The van der Waals surface area contributed by atoms with Gasteiger partial charge >= 0.3 is 0 Å². The monoisotopic (exact) mass is 293 g/mol. The number of hydrogen-bond acceptors (Lipinski definition) is 6. The molecular weight excluding hydrogens is 278 g/mol. The van der Waals surface area contributed by atoms with Crippen molar-refractivity contribution < 1.29 is 4.79 Å². The van der Waals surface area contributed by atoms with Gasteiger partial charge in [-0.2, -0.15) is 0 Å². The van der Waals surface area contributed by atoms with Crippen molar-refractivity contribution in [1.82, 2.24) is 10.2 Å². The van der Waals surface area contributed by atoms with Crippen LogP contribution < -0.4 is 4.90 Å². The normalized spacial score (nSPS) is 10.4. The van der Waals surface area contributed by atoms with E-state index in [1.54, 1.807) is 23.1 Å². The van der Waals surface area contributed by atoms with Crippen molar-refractivity contribution in [1.29, 1.82) is 0 Å². The van der Waals surface area contributed by atoms with Gasteiger partial charge in [0, 0.05) is 31.8 Å². The van der Waals surface area contributed by atoms with E-state index in [1.165, 1.54) is 0 Å². The fraction of sp³-hybridized carbons (Fsp3) is 0.308. The van der Waals surface area contributed by atoms with Crippen LogP contribution in [-0.4, -0.2) is 35.8 Å². The number of carbonyl (C=O) groups excluding carboxylic acids is 1. The summed E-state index contributed by atoms with van der Waals surface area (Å²) in [6, 6.07) is 9.38. The van der Waals surface area contributed by atoms with Gasteiger partial charge in [-0.15, -0.1) is 10.2 Å². The Morgan fingerprint density at radius 2 is 2.00 bits per heavy atom. The number of anilines is 1. The summed E-state index contributed by atoms with van der Waals surface area (Å²) in [5, 5.41) is 9.03. The van der Waals surface area contributed by atoms with Crippen LogP contribution in [0.1, 0.15) is 16.8 Å². The van der Waals surface area contributed by atoms with E-state index in [-0.39, 0.29) is 5.78 Å². The molecule has 6 heteroatoms. The number of nitrogens with zero attached hydrogens (tertiary/aromatic N) is 3. The molecule has 2 rings (SSSR count). The Morgan fingerprint density at radius 1 is 1.26 bits per heavy atom. The summed E-state index contributed by atoms with van der Waals surface area (Å²) in [6.07, 6.45) is 0.519. The number of hydrogen-bond donors (Lipinski definition) is 0. The average molecular weight is 293 g/mol. The van der Waals surface area contributed by atoms with Gasteiger partial charge in [-0.25, -0.2) is 0 Å². The van der Waals surface area contributed by atoms with Crippen LogP contribution in [0.4, 0.5) is 5.13 Å². The highest BCUT2D eigenvalue weighted by molar-refractivity contribution is 8.01. The number of benzene rings is 1. The maximum atomic E-state index is 11.9. The third-order valence-electron chi connectivity index (χ3n) is 2.43. The van der Waals surface area contributed by atoms with E-state index in [0.717, 1.165) is 20.8 Å². The van der Waals surface area contributed by atoms with E-state index in [4.69, 9.17) is 0 Å². The molecule has 0 spiro atoms. The van der Waals surface area contributed by atoms with E-state index in [1.807, 2.05) is 49.3 Å². The zero-order valence-electron chi connectivity index (χ0n) is 10.9. The van der Waals surface area contributed by atoms with Crippen LogP contribution in [0.3, 0.4) is 0 Å². The van der Waals surface area contributed by atoms with Gasteiger partial charge in [0.15, 0.2) is 10.1 Å². The molecule has 0 aliphatic carbocycles. The van der Waals surface area contributed by atoms with Gasteiger partial charge in [0.2, 0.25) is 5.13 Å². The van der Waals surface area contributed by atoms with Crippen LogP contribution in [0.15, 0.2) is 34.7 Å². The lowest BCUT2D eigenvalue weighted by molar-refractivity contribution is 0.0989. The lowest BCUT2D eigenvalue weighted by atomic mass is 10.1. The lowest BCUT2D eigenvalue weighted by Gasteiger charge is -2.03. The molecule has 0 bridgehead atoms. The molecule has 0 fully saturated rings. The maximum Gasteiger partial charge on any atom is 0.208 e. The van der Waals surface area contributed by atoms with Gasteiger partial charge in [0.05, 0.1) is 0 Å². The number of rotatable bonds is 6. The largest absolute Gasteiger partial charge is 0.353 e. The summed E-state index contributed by atoms with van der Waals surface area (Å²) in [6.45, 7) is 0. The summed E-state index contributed by atoms with van der Waals surface area (Å²) < 4.78 is 0.907. The second-order valence-corrected chi connectivity index (χ2v) is 6.43. The first-order valence-electron chi connectivity index (χ1n) is 5.88. The van der Waals surface area contributed by atoms with Crippen molar-refractivity contribution in [3.63, 3.8) is 0 Å². The highest BCUT2D eigenvalue weighted by Crippen LogP contribution is 2.27. The third kappa shape index (κ3) is 4.04. The fourth-order valence-corrected chi connectivity index (χ4v) is 3.21. The molecule has 1 heterocycles. The predicted octanol–water partition coefficient (Wildman–Crippen LogP) is 2.97. The Balaban J connectivity index is 1.81. The van der Waals surface area contributed by atoms with Gasteiger partial charge in [-0.3, -0.25) is 4.79 Å². The summed E-state index contributed by atoms with van der Waals surface area (Å²) >= 11 is 3.12. The van der Waals surface area contributed by atoms with Crippen molar-refractivity contribution in [2.24, 2.45) is 0 Å². The smallest absolute Gasteiger partial charge is 0.208 e. The standard InChI is InChI=1S/C13H15N3OS2/c1-16(2)12-14-15-13(19-12)18-9-8-11(17)10-6-4-3-5-7-10/h3-7H,8-9H2,1-2H3. The first-order valence-corrected chi connectivity index (χ1v) is 7.69. The lowest BCUT2D eigenvalue weighted by Crippen LogP contribution is -2.07. The molecular formula is C13H15N3OS2. The molecule has 1 aromatic heterocycles. The van der Waals surface area contributed by atoms with Crippen molar-refractivity contribution >= 4 is 34.0 Å². The first-order chi connectivity index (χ1) is 9.16. The van der Waals surface area contributed by atoms with E-state index in [0.29, 0.717) is 6.42 Å². The Labute approximate surface area is 120 Å². The molecule has 0 N–H and O–H groups in total. The summed E-state index contributed by atoms with van der Waals surface area (Å²) in [4.78, 5) is 13.8. The second-order valence-electron chi connectivity index (χ2n) is 4.13. The average Bonchev–Trinajstić information content (AvgIpc) is 2.89. The van der Waals surface area contributed by atoms with Gasteiger partial charge < -0.3 is 4.90 Å². The fourth-order valence-electron chi connectivity index (χ4n) is 1.44. The van der Waals surface area contributed by atoms with Crippen LogP contribution in [0.5, 0.6) is 0 Å². The minimum atomic E-state index is 0.172. The molecule has 0 unspecified atom stereocenters. The summed E-state index contributed by atoms with van der Waals surface area (Å²) in [5.41, 5.74) is 0.773. The highest BCUT2D eigenvalue weighted by Gasteiger charge is 2.08. The highest BCUT2D eigenvalue weighted by atomic mass is 32.2. The molecule has 19 heavy (non-hydrogen) atoms. The van der Waals surface area contributed by atoms with E-state index >= 15 is 0 Å². The van der Waals surface area contributed by atoms with Crippen LogP contribution in [0.2, 0.25) is 0 Å². The number of carbonyl (C=O) groups is 1. The molecule has 0 saturated carbocycles. The van der Waals surface area contributed by atoms with Crippen LogP contribution >= 0.6 is 23.1 Å². The van der Waals surface area contributed by atoms with E-state index in [2.05, 4.69) is 10.2 Å². The molecule has 0 radical (unpaired) electrons. The van der Waals surface area contributed by atoms with Crippen molar-refractivity contribution in [2.45, 2.75) is 10.8 Å². The van der Waals surface area contributed by atoms with Gasteiger partial charge in [-0.1, -0.05) is 53.4 Å². The zero-order valence-corrected chi connectivity index (χ0v) is 12.5. The molecule has 0 atom stereocenters. The van der Waals surface area contributed by atoms with Gasteiger partial charge in [0.1, 0.15) is 0 Å². The second kappa shape index (κ2) is 6.68. The number of thioether (sulfide) groups is 1. The molecule has 4 nitrogen and oxygen atoms in total. The topological polar surface area (TPSA) is 46.1 Å². The minimum Gasteiger partial charge on any atom is -0.353 e. The Kier molecular flexibility index (Phi) is 4.93. The molecule has 0 aliphatic heterocycles. The van der Waals surface area contributed by atoms with Crippen LogP contribution in [0.25, 0.3) is 0 Å². The van der Waals surface area contributed by atoms with Crippen molar-refractivity contribution in [3.8, 4) is 0 Å². The quantitative estimate of drug-likeness (QED) is 0.605. The maximum absolute atomic E-state index is 11.9. The Bertz CT molecular complexity index is 540. The van der Waals surface area contributed by atoms with Crippen molar-refractivity contribution in [2.75, 3.05) is 24.7 Å². The summed E-state index contributed by atoms with van der Waals surface area (Å²) in [7, 11) is 3.88. The van der Waals surface area contributed by atoms with E-state index in [9.17, 15) is 4.79 Å². The number of ketones is 1. The minimum absolute atomic E-state index is 0.172. The molecule has 2 aromatic rings. The number of aromatic nitrogens is 2. The molecule has 0 amide bonds. The Hall–Kier alpha value is -1.40. The van der Waals surface area contributed by atoms with E-state index < -0.39 is 0 Å². The molecule has 100 valence electrons. The van der Waals surface area contributed by atoms with Crippen LogP contribution in [-0.2, 0) is 0 Å². The summed E-state index contributed by atoms with van der Waals surface area (Å²) in [5.74, 6) is 0.904. The molecule has 0 saturated heterocycles. The third-order valence-corrected chi connectivity index (χ3v) is 4.65. The SMILES string of the molecule is CN(C)c1nnc(SCCC(=O)c2ccccc2)s1. The van der Waals surface area contributed by atoms with Gasteiger partial charge in [0.25, 0.3) is 0 Å². The molecule has 1 aromatic carbocycles. The van der Waals surface area contributed by atoms with Crippen LogP contribution in [0, 0.1) is 0 Å². The van der Waals surface area contributed by atoms with Crippen molar-refractivity contribution in [3.05, 3.63) is 35.9 Å². The predicted molar refractivity (Wildman–Crippen MR) is 80.3 cm³/mol. The number of Topliss-reactive ketones (excluding diaryl/α,β-unsaturated/α-hetero) is 1. The zero-order chi connectivity index (χ0) is 13.7. The Morgan fingerprint density at radius 3 is 2.63 bits per heavy atom. The molecule has 0 aliphatic rings. The first kappa shape index (κ1) is 14.0. The van der Waals surface area contributed by atoms with Gasteiger partial charge in [-0.05, 0) is 0 Å².